The summed E-state index contributed by atoms with van der Waals surface area (Å²) in [5.74, 6) is 0. The van der Waals surface area contributed by atoms with Crippen molar-refractivity contribution in [1.82, 2.24) is 9.55 Å². The first-order valence-corrected chi connectivity index (χ1v) is 8.86. The molecule has 0 saturated heterocycles. The van der Waals surface area contributed by atoms with Crippen LogP contribution in [0.2, 0.25) is 0 Å². The lowest BCUT2D eigenvalue weighted by atomic mass is 9.88. The van der Waals surface area contributed by atoms with Gasteiger partial charge in [0.15, 0.2) is 0 Å². The Morgan fingerprint density at radius 1 is 0.955 bits per heavy atom. The molecule has 1 rings (SSSR count). The topological polar surface area (TPSA) is 54.9 Å². The van der Waals surface area contributed by atoms with Gasteiger partial charge in [-0.3, -0.25) is 9.36 Å². The fourth-order valence-corrected chi connectivity index (χ4v) is 3.15. The van der Waals surface area contributed by atoms with Gasteiger partial charge in [-0.2, -0.15) is 0 Å². The molecule has 1 aromatic heterocycles. The van der Waals surface area contributed by atoms with E-state index in [1.165, 1.54) is 42.5 Å². The minimum Gasteiger partial charge on any atom is -0.314 e. The van der Waals surface area contributed by atoms with Crippen molar-refractivity contribution in [3.05, 3.63) is 33.1 Å². The van der Waals surface area contributed by atoms with Crippen molar-refractivity contribution >= 4 is 0 Å². The second kappa shape index (κ2) is 9.65. The predicted octanol–water partition coefficient (Wildman–Crippen LogP) is 4.19. The smallest absolute Gasteiger partial charge is 0.314 e. The Morgan fingerprint density at radius 2 is 1.50 bits per heavy atom. The molecule has 0 saturated carbocycles. The van der Waals surface area contributed by atoms with Crippen LogP contribution in [0.5, 0.6) is 0 Å². The molecule has 0 spiro atoms. The lowest BCUT2D eigenvalue weighted by molar-refractivity contribution is 0.235. The fourth-order valence-electron chi connectivity index (χ4n) is 3.15. The van der Waals surface area contributed by atoms with E-state index in [9.17, 15) is 9.59 Å². The number of aromatic amines is 1. The highest BCUT2D eigenvalue weighted by Gasteiger charge is 2.28. The summed E-state index contributed by atoms with van der Waals surface area (Å²) in [4.78, 5) is 27.0. The van der Waals surface area contributed by atoms with E-state index in [4.69, 9.17) is 0 Å². The van der Waals surface area contributed by atoms with Gasteiger partial charge in [0.05, 0.1) is 0 Å². The fraction of sp³-hybridized carbons (Fsp3) is 0.778. The second-order valence-corrected chi connectivity index (χ2v) is 6.57. The quantitative estimate of drug-likeness (QED) is 0.623. The van der Waals surface area contributed by atoms with Crippen LogP contribution in [0.25, 0.3) is 0 Å². The molecule has 22 heavy (non-hydrogen) atoms. The van der Waals surface area contributed by atoms with Crippen molar-refractivity contribution in [3.63, 3.8) is 0 Å². The summed E-state index contributed by atoms with van der Waals surface area (Å²) in [5, 5.41) is 0. The van der Waals surface area contributed by atoms with Crippen molar-refractivity contribution in [2.45, 2.75) is 90.5 Å². The Kier molecular flexibility index (Phi) is 8.21. The third kappa shape index (κ3) is 5.47. The number of rotatable bonds is 11. The monoisotopic (exact) mass is 308 g/mol. The van der Waals surface area contributed by atoms with Crippen LogP contribution in [0.1, 0.15) is 85.0 Å². The summed E-state index contributed by atoms with van der Waals surface area (Å²) in [6, 6.07) is 1.45. The van der Waals surface area contributed by atoms with E-state index in [1.54, 1.807) is 0 Å². The summed E-state index contributed by atoms with van der Waals surface area (Å²) in [7, 11) is 0. The molecule has 0 bridgehead atoms. The van der Waals surface area contributed by atoms with Crippen molar-refractivity contribution in [1.29, 1.82) is 0 Å². The van der Waals surface area contributed by atoms with Crippen LogP contribution in [0, 0.1) is 0 Å². The summed E-state index contributed by atoms with van der Waals surface area (Å²) < 4.78 is 1.45. The van der Waals surface area contributed by atoms with E-state index in [1.807, 2.05) is 0 Å². The molecule has 126 valence electrons. The van der Waals surface area contributed by atoms with E-state index < -0.39 is 0 Å². The predicted molar refractivity (Wildman–Crippen MR) is 92.5 cm³/mol. The van der Waals surface area contributed by atoms with Gasteiger partial charge in [0, 0.05) is 17.8 Å². The van der Waals surface area contributed by atoms with E-state index in [0.29, 0.717) is 0 Å². The number of hydrogen-bond donors (Lipinski definition) is 1. The lowest BCUT2D eigenvalue weighted by Crippen LogP contribution is -2.47. The van der Waals surface area contributed by atoms with Crippen LogP contribution in [-0.4, -0.2) is 9.55 Å². The van der Waals surface area contributed by atoms with Gasteiger partial charge in [-0.1, -0.05) is 65.2 Å². The molecule has 1 atom stereocenters. The van der Waals surface area contributed by atoms with Crippen LogP contribution < -0.4 is 11.2 Å². The molecule has 1 N–H and O–H groups in total. The van der Waals surface area contributed by atoms with Gasteiger partial charge in [-0.15, -0.1) is 0 Å². The van der Waals surface area contributed by atoms with E-state index in [0.717, 1.165) is 38.5 Å². The van der Waals surface area contributed by atoms with Gasteiger partial charge < -0.3 is 4.98 Å². The third-order valence-electron chi connectivity index (χ3n) is 4.53. The normalized spacial score (nSPS) is 14.0. The number of aromatic nitrogens is 2. The SMILES string of the molecule is CCCCCCCC(C)(CCCCC)n1c(=O)cc[nH]c1=O. The summed E-state index contributed by atoms with van der Waals surface area (Å²) in [6.07, 6.45) is 12.6. The van der Waals surface area contributed by atoms with E-state index >= 15 is 0 Å². The van der Waals surface area contributed by atoms with Crippen LogP contribution in [0.3, 0.4) is 0 Å². The zero-order valence-electron chi connectivity index (χ0n) is 14.5. The molecule has 0 amide bonds. The maximum absolute atomic E-state index is 12.2. The molecule has 1 heterocycles. The van der Waals surface area contributed by atoms with Crippen molar-refractivity contribution in [3.8, 4) is 0 Å². The third-order valence-corrected chi connectivity index (χ3v) is 4.53. The van der Waals surface area contributed by atoms with Crippen molar-refractivity contribution in [2.24, 2.45) is 0 Å². The molecular weight excluding hydrogens is 276 g/mol. The highest BCUT2D eigenvalue weighted by atomic mass is 16.2. The molecule has 1 unspecified atom stereocenters. The van der Waals surface area contributed by atoms with Gasteiger partial charge in [0.25, 0.3) is 5.56 Å². The first kappa shape index (κ1) is 18.7. The first-order valence-electron chi connectivity index (χ1n) is 8.86. The van der Waals surface area contributed by atoms with Crippen molar-refractivity contribution in [2.75, 3.05) is 0 Å². The standard InChI is InChI=1S/C18H32N2O2/c1-4-6-8-9-11-14-18(3,13-10-7-5-2)20-16(21)12-15-19-17(20)22/h12,15H,4-11,13-14H2,1-3H3,(H,19,22). The van der Waals surface area contributed by atoms with Gasteiger partial charge in [-0.05, 0) is 19.8 Å². The lowest BCUT2D eigenvalue weighted by Gasteiger charge is -2.31. The molecular formula is C18H32N2O2. The van der Waals surface area contributed by atoms with Crippen LogP contribution >= 0.6 is 0 Å². The summed E-state index contributed by atoms with van der Waals surface area (Å²) in [5.41, 5.74) is -0.829. The van der Waals surface area contributed by atoms with Crippen LogP contribution in [-0.2, 0) is 5.54 Å². The Hall–Kier alpha value is -1.32. The molecule has 0 aliphatic rings. The van der Waals surface area contributed by atoms with E-state index in [2.05, 4.69) is 25.8 Å². The summed E-state index contributed by atoms with van der Waals surface area (Å²) in [6.45, 7) is 6.45. The average molecular weight is 308 g/mol. The zero-order chi connectivity index (χ0) is 16.4. The summed E-state index contributed by atoms with van der Waals surface area (Å²) >= 11 is 0. The van der Waals surface area contributed by atoms with Crippen LogP contribution in [0.4, 0.5) is 0 Å². The number of nitrogens with one attached hydrogen (secondary N) is 1. The second-order valence-electron chi connectivity index (χ2n) is 6.57. The molecule has 0 aromatic carbocycles. The maximum atomic E-state index is 12.2. The Bertz CT molecular complexity index is 504. The van der Waals surface area contributed by atoms with Gasteiger partial charge >= 0.3 is 5.69 Å². The largest absolute Gasteiger partial charge is 0.328 e. The highest BCUT2D eigenvalue weighted by molar-refractivity contribution is 4.92. The van der Waals surface area contributed by atoms with Crippen molar-refractivity contribution < 1.29 is 0 Å². The number of nitrogens with zero attached hydrogens (tertiary/aromatic N) is 1. The minimum atomic E-state index is -0.368. The Morgan fingerprint density at radius 3 is 2.09 bits per heavy atom. The van der Waals surface area contributed by atoms with Gasteiger partial charge in [-0.25, -0.2) is 4.79 Å². The molecule has 4 heteroatoms. The Labute approximate surface area is 134 Å². The van der Waals surface area contributed by atoms with E-state index in [-0.39, 0.29) is 16.8 Å². The Balaban J connectivity index is 2.86. The average Bonchev–Trinajstić information content (AvgIpc) is 2.47. The van der Waals surface area contributed by atoms with Gasteiger partial charge in [0.1, 0.15) is 0 Å². The molecule has 0 fully saturated rings. The molecule has 4 nitrogen and oxygen atoms in total. The molecule has 0 aliphatic heterocycles. The molecule has 0 aliphatic carbocycles. The molecule has 1 aromatic rings. The minimum absolute atomic E-state index is 0.184. The van der Waals surface area contributed by atoms with Gasteiger partial charge in [0.2, 0.25) is 0 Å². The number of H-pyrrole nitrogens is 1. The first-order chi connectivity index (χ1) is 10.5. The molecule has 0 radical (unpaired) electrons. The van der Waals surface area contributed by atoms with Crippen LogP contribution in [0.15, 0.2) is 21.9 Å². The number of hydrogen-bond acceptors (Lipinski definition) is 2. The number of unbranched alkanes of at least 4 members (excludes halogenated alkanes) is 6. The zero-order valence-corrected chi connectivity index (χ0v) is 14.5. The highest BCUT2D eigenvalue weighted by Crippen LogP contribution is 2.27. The maximum Gasteiger partial charge on any atom is 0.328 e.